The van der Waals surface area contributed by atoms with Gasteiger partial charge in [-0.05, 0) is 36.4 Å². The second-order valence-electron chi connectivity index (χ2n) is 5.11. The Hall–Kier alpha value is -2.79. The zero-order chi connectivity index (χ0) is 19.1. The van der Waals surface area contributed by atoms with Crippen LogP contribution in [0.1, 0.15) is 27.1 Å². The van der Waals surface area contributed by atoms with Gasteiger partial charge in [-0.1, -0.05) is 11.8 Å². The Morgan fingerprint density at radius 3 is 2.14 bits per heavy atom. The minimum atomic E-state index is -1.35. The number of aromatic carboxylic acids is 1. The topological polar surface area (TPSA) is 186 Å². The van der Waals surface area contributed by atoms with Gasteiger partial charge in [0.2, 0.25) is 0 Å². The van der Waals surface area contributed by atoms with Crippen LogP contribution in [0.2, 0.25) is 0 Å². The van der Waals surface area contributed by atoms with E-state index < -0.39 is 29.2 Å². The van der Waals surface area contributed by atoms with E-state index in [0.29, 0.717) is 11.3 Å². The van der Waals surface area contributed by atoms with Gasteiger partial charge in [0.15, 0.2) is 0 Å². The fourth-order valence-corrected chi connectivity index (χ4v) is 1.92. The molecule has 1 amide bonds. The smallest absolute Gasteiger partial charge is 0.872 e. The van der Waals surface area contributed by atoms with E-state index >= 15 is 0 Å². The number of rotatable bonds is 7. The number of azo groups is 1. The molecule has 0 saturated carbocycles. The maximum absolute atomic E-state index is 11.8. The van der Waals surface area contributed by atoms with E-state index in [9.17, 15) is 24.6 Å². The van der Waals surface area contributed by atoms with Crippen LogP contribution in [0.25, 0.3) is 0 Å². The molecule has 0 saturated heterocycles. The van der Waals surface area contributed by atoms with Crippen LogP contribution in [0.4, 0.5) is 11.4 Å². The van der Waals surface area contributed by atoms with Crippen molar-refractivity contribution in [3.63, 3.8) is 0 Å². The number of benzene rings is 2. The van der Waals surface area contributed by atoms with Crippen LogP contribution in [0.15, 0.2) is 52.7 Å². The van der Waals surface area contributed by atoms with Crippen molar-refractivity contribution in [1.29, 1.82) is 0 Å². The average Bonchev–Trinajstić information content (AvgIpc) is 2.60. The van der Waals surface area contributed by atoms with Crippen LogP contribution in [0, 0.1) is 0 Å². The largest absolute Gasteiger partial charge is 1.00 e. The van der Waals surface area contributed by atoms with Crippen LogP contribution >= 0.6 is 0 Å². The quantitative estimate of drug-likeness (QED) is 0.369. The summed E-state index contributed by atoms with van der Waals surface area (Å²) in [6.07, 6.45) is -0.279. The predicted octanol–water partition coefficient (Wildman–Crippen LogP) is -3.08. The van der Waals surface area contributed by atoms with Crippen molar-refractivity contribution in [2.24, 2.45) is 10.2 Å². The number of nitrogens with zero attached hydrogens (tertiary/aromatic N) is 2. The number of hydrogen-bond acceptors (Lipinski definition) is 7. The van der Waals surface area contributed by atoms with Crippen molar-refractivity contribution in [2.45, 2.75) is 6.42 Å². The van der Waals surface area contributed by atoms with Crippen molar-refractivity contribution >= 4 is 29.2 Å². The van der Waals surface area contributed by atoms with E-state index in [4.69, 9.17) is 5.11 Å². The summed E-state index contributed by atoms with van der Waals surface area (Å²) in [7, 11) is 0. The minimum absolute atomic E-state index is 0. The molecule has 0 aliphatic heterocycles. The van der Waals surface area contributed by atoms with Gasteiger partial charge in [-0.2, -0.15) is 10.2 Å². The summed E-state index contributed by atoms with van der Waals surface area (Å²) in [5, 5.41) is 40.8. The van der Waals surface area contributed by atoms with E-state index in [1.54, 1.807) is 0 Å². The number of carboxylic acids is 2. The molecule has 2 aromatic carbocycles. The molecule has 0 fully saturated rings. The molecular formula is C17H15N3NaO7-. The Morgan fingerprint density at radius 2 is 1.57 bits per heavy atom. The number of aliphatic carboxylic acids is 1. The number of carbonyl (C=O) groups excluding carboxylic acids is 2. The van der Waals surface area contributed by atoms with Crippen LogP contribution in [-0.4, -0.2) is 35.0 Å². The Bertz CT molecular complexity index is 870. The summed E-state index contributed by atoms with van der Waals surface area (Å²) in [6, 6.07) is 9.54. The van der Waals surface area contributed by atoms with Gasteiger partial charge in [-0.3, -0.25) is 4.79 Å². The predicted molar refractivity (Wildman–Crippen MR) is 89.0 cm³/mol. The molecule has 4 N–H and O–H groups in total. The number of carboxylic acid groups (broad SMARTS) is 2. The normalized spacial score (nSPS) is 9.86. The molecule has 0 heterocycles. The van der Waals surface area contributed by atoms with Crippen molar-refractivity contribution < 1.29 is 64.7 Å². The molecule has 0 spiro atoms. The van der Waals surface area contributed by atoms with E-state index in [-0.39, 0.29) is 53.7 Å². The molecule has 2 rings (SSSR count). The van der Waals surface area contributed by atoms with Crippen LogP contribution in [0.5, 0.6) is 5.75 Å². The minimum Gasteiger partial charge on any atom is -0.872 e. The molecule has 10 nitrogen and oxygen atoms in total. The van der Waals surface area contributed by atoms with E-state index in [2.05, 4.69) is 15.5 Å². The van der Waals surface area contributed by atoms with Gasteiger partial charge in [0, 0.05) is 24.5 Å². The first-order valence-electron chi connectivity index (χ1n) is 7.41. The molecule has 0 bridgehead atoms. The molecule has 142 valence electrons. The zero-order valence-electron chi connectivity index (χ0n) is 14.8. The zero-order valence-corrected chi connectivity index (χ0v) is 16.8. The third-order valence-electron chi connectivity index (χ3n) is 3.22. The molecule has 0 unspecified atom stereocenters. The van der Waals surface area contributed by atoms with Crippen molar-refractivity contribution in [3.8, 4) is 5.75 Å². The van der Waals surface area contributed by atoms with Gasteiger partial charge < -0.3 is 30.9 Å². The number of nitrogens with one attached hydrogen (secondary N) is 1. The van der Waals surface area contributed by atoms with Crippen molar-refractivity contribution in [1.82, 2.24) is 5.32 Å². The second-order valence-corrected chi connectivity index (χ2v) is 5.11. The fraction of sp³-hybridized carbons (Fsp3) is 0.118. The van der Waals surface area contributed by atoms with Crippen LogP contribution < -0.4 is 45.1 Å². The summed E-state index contributed by atoms with van der Waals surface area (Å²) in [6.45, 7) is -0.0375. The van der Waals surface area contributed by atoms with Gasteiger partial charge in [0.1, 0.15) is 0 Å². The Labute approximate surface area is 181 Å². The number of amides is 1. The van der Waals surface area contributed by atoms with Gasteiger partial charge in [-0.25, -0.2) is 4.79 Å². The first kappa shape index (κ1) is 25.2. The summed E-state index contributed by atoms with van der Waals surface area (Å²) >= 11 is 0. The summed E-state index contributed by atoms with van der Waals surface area (Å²) < 4.78 is 0. The van der Waals surface area contributed by atoms with Crippen LogP contribution in [0.3, 0.4) is 0 Å². The third-order valence-corrected chi connectivity index (χ3v) is 3.22. The second kappa shape index (κ2) is 11.8. The van der Waals surface area contributed by atoms with Gasteiger partial charge in [-0.15, -0.1) is 0 Å². The van der Waals surface area contributed by atoms with E-state index in [0.717, 1.165) is 12.1 Å². The van der Waals surface area contributed by atoms with Gasteiger partial charge in [0.25, 0.3) is 5.91 Å². The van der Waals surface area contributed by atoms with Crippen molar-refractivity contribution in [2.75, 3.05) is 6.54 Å². The third kappa shape index (κ3) is 7.45. The summed E-state index contributed by atoms with van der Waals surface area (Å²) in [5.41, 5.74) is 0.515. The van der Waals surface area contributed by atoms with Gasteiger partial charge >= 0.3 is 35.5 Å². The molecular weight excluding hydrogens is 381 g/mol. The molecule has 0 aliphatic carbocycles. The molecule has 0 aromatic heterocycles. The summed E-state index contributed by atoms with van der Waals surface area (Å²) in [5.74, 6) is -3.66. The van der Waals surface area contributed by atoms with Crippen molar-refractivity contribution in [3.05, 3.63) is 53.6 Å². The van der Waals surface area contributed by atoms with Crippen LogP contribution in [-0.2, 0) is 4.79 Å². The Morgan fingerprint density at radius 1 is 1.00 bits per heavy atom. The fourth-order valence-electron chi connectivity index (χ4n) is 1.92. The Kier molecular flexibility index (Phi) is 10.6. The molecule has 11 heteroatoms. The average molecular weight is 396 g/mol. The monoisotopic (exact) mass is 396 g/mol. The molecule has 28 heavy (non-hydrogen) atoms. The maximum Gasteiger partial charge on any atom is 1.00 e. The maximum atomic E-state index is 11.8. The number of hydrogen-bond donors (Lipinski definition) is 2. The summed E-state index contributed by atoms with van der Waals surface area (Å²) in [4.78, 5) is 33.0. The molecule has 0 atom stereocenters. The molecule has 0 radical (unpaired) electrons. The molecule has 2 aromatic rings. The number of carbonyl (C=O) groups is 3. The first-order valence-corrected chi connectivity index (χ1v) is 7.41. The van der Waals surface area contributed by atoms with E-state index in [1.165, 1.54) is 30.3 Å². The molecule has 0 aliphatic rings. The van der Waals surface area contributed by atoms with E-state index in [1.807, 2.05) is 0 Å². The SMILES string of the molecule is O.O=C([O-])CCNC(=O)c1ccc(N=Nc2ccc([O-])c(C(=O)O)c2)cc1.[Na+]. The first-order chi connectivity index (χ1) is 12.4. The Balaban J connectivity index is 0.00000364. The standard InChI is InChI=1S/C17H15N3O6.Na.H2O/c21-14-6-5-12(9-13(14)17(25)26)20-19-11-3-1-10(2-4-11)16(24)18-8-7-15(22)23;;/h1-6,9,21H,7-8H2,(H,18,24)(H,22,23)(H,25,26);;1H2/q;+1;/p-2. The van der Waals surface area contributed by atoms with Gasteiger partial charge in [0.05, 0.1) is 16.9 Å².